The number of nitro groups is 1. The molecule has 2 rings (SSSR count). The van der Waals surface area contributed by atoms with Gasteiger partial charge in [-0.15, -0.1) is 0 Å². The lowest BCUT2D eigenvalue weighted by Crippen LogP contribution is -2.48. The highest BCUT2D eigenvalue weighted by atomic mass is 16.6. The Labute approximate surface area is 117 Å². The van der Waals surface area contributed by atoms with Gasteiger partial charge < -0.3 is 10.6 Å². The Morgan fingerprint density at radius 2 is 2.10 bits per heavy atom. The maximum Gasteiger partial charge on any atom is 0.270 e. The first kappa shape index (κ1) is 14.5. The summed E-state index contributed by atoms with van der Waals surface area (Å²) in [7, 11) is 0. The molecule has 1 fully saturated rings. The van der Waals surface area contributed by atoms with E-state index in [1.54, 1.807) is 17.9 Å². The minimum atomic E-state index is -0.478. The van der Waals surface area contributed by atoms with Crippen molar-refractivity contribution in [1.29, 1.82) is 0 Å². The molecule has 1 heterocycles. The number of non-ortho nitro benzene ring substituents is 1. The van der Waals surface area contributed by atoms with Crippen LogP contribution in [0.4, 0.5) is 5.69 Å². The Balaban J connectivity index is 2.26. The van der Waals surface area contributed by atoms with Gasteiger partial charge in [0.2, 0.25) is 0 Å². The van der Waals surface area contributed by atoms with Crippen molar-refractivity contribution in [3.8, 4) is 0 Å². The van der Waals surface area contributed by atoms with Crippen LogP contribution in [0.1, 0.15) is 29.3 Å². The molecule has 0 aliphatic carbocycles. The number of aryl methyl sites for hydroxylation is 1. The molecule has 6 nitrogen and oxygen atoms in total. The molecule has 1 aromatic rings. The fourth-order valence-corrected chi connectivity index (χ4v) is 2.74. The second-order valence-electron chi connectivity index (χ2n) is 5.63. The highest BCUT2D eigenvalue weighted by Gasteiger charge is 2.27. The molecule has 1 saturated heterocycles. The maximum atomic E-state index is 12.5. The number of nitrogens with zero attached hydrogens (tertiary/aromatic N) is 2. The Morgan fingerprint density at radius 1 is 1.40 bits per heavy atom. The second-order valence-corrected chi connectivity index (χ2v) is 5.63. The number of hydrogen-bond acceptors (Lipinski definition) is 4. The summed E-state index contributed by atoms with van der Waals surface area (Å²) in [6.07, 6.45) is 0.901. The van der Waals surface area contributed by atoms with E-state index >= 15 is 0 Å². The number of amides is 1. The lowest BCUT2D eigenvalue weighted by Gasteiger charge is -2.34. The Morgan fingerprint density at radius 3 is 2.70 bits per heavy atom. The molecule has 20 heavy (non-hydrogen) atoms. The first-order chi connectivity index (χ1) is 9.36. The van der Waals surface area contributed by atoms with Crippen LogP contribution >= 0.6 is 0 Å². The van der Waals surface area contributed by atoms with Crippen LogP contribution in [0.5, 0.6) is 0 Å². The predicted molar refractivity (Wildman–Crippen MR) is 75.5 cm³/mol. The minimum absolute atomic E-state index is 0.0255. The summed E-state index contributed by atoms with van der Waals surface area (Å²) in [6.45, 7) is 4.95. The van der Waals surface area contributed by atoms with Crippen molar-refractivity contribution in [3.05, 3.63) is 39.4 Å². The third kappa shape index (κ3) is 3.14. The van der Waals surface area contributed by atoms with Crippen molar-refractivity contribution >= 4 is 11.6 Å². The number of nitro benzene ring substituents is 1. The second kappa shape index (κ2) is 5.58. The standard InChI is InChI=1S/C14H19N3O3/c1-9-3-11(6-13(5-9)17(19)20)14(18)16-7-10(2)4-12(15)8-16/h3,5-6,10,12H,4,7-8,15H2,1-2H3. The number of hydrogen-bond donors (Lipinski definition) is 1. The van der Waals surface area contributed by atoms with Crippen LogP contribution in [-0.2, 0) is 0 Å². The molecule has 1 amide bonds. The summed E-state index contributed by atoms with van der Waals surface area (Å²) < 4.78 is 0. The van der Waals surface area contributed by atoms with Gasteiger partial charge >= 0.3 is 0 Å². The molecule has 0 aromatic heterocycles. The van der Waals surface area contributed by atoms with Crippen LogP contribution in [-0.4, -0.2) is 34.9 Å². The number of benzene rings is 1. The zero-order valence-corrected chi connectivity index (χ0v) is 11.7. The molecule has 1 aliphatic heterocycles. The van der Waals surface area contributed by atoms with E-state index in [2.05, 4.69) is 6.92 Å². The van der Waals surface area contributed by atoms with Crippen molar-refractivity contribution < 1.29 is 9.72 Å². The van der Waals surface area contributed by atoms with Gasteiger partial charge in [0, 0.05) is 36.8 Å². The maximum absolute atomic E-state index is 12.5. The average Bonchev–Trinajstić information content (AvgIpc) is 2.35. The van der Waals surface area contributed by atoms with Crippen LogP contribution in [0, 0.1) is 23.0 Å². The van der Waals surface area contributed by atoms with E-state index in [4.69, 9.17) is 5.73 Å². The molecule has 2 unspecified atom stereocenters. The van der Waals surface area contributed by atoms with E-state index in [1.807, 2.05) is 0 Å². The van der Waals surface area contributed by atoms with E-state index in [0.29, 0.717) is 30.1 Å². The zero-order chi connectivity index (χ0) is 14.9. The van der Waals surface area contributed by atoms with Crippen LogP contribution in [0.2, 0.25) is 0 Å². The normalized spacial score (nSPS) is 22.6. The predicted octanol–water partition coefficient (Wildman–Crippen LogP) is 1.71. The molecule has 0 bridgehead atoms. The Kier molecular flexibility index (Phi) is 4.04. The van der Waals surface area contributed by atoms with E-state index < -0.39 is 4.92 Å². The van der Waals surface area contributed by atoms with Gasteiger partial charge in [-0.3, -0.25) is 14.9 Å². The molecule has 2 N–H and O–H groups in total. The number of piperidine rings is 1. The van der Waals surface area contributed by atoms with Crippen molar-refractivity contribution in [2.45, 2.75) is 26.3 Å². The summed E-state index contributed by atoms with van der Waals surface area (Å²) >= 11 is 0. The van der Waals surface area contributed by atoms with E-state index in [9.17, 15) is 14.9 Å². The molecule has 6 heteroatoms. The molecule has 2 atom stereocenters. The molecular weight excluding hydrogens is 258 g/mol. The van der Waals surface area contributed by atoms with Crippen LogP contribution in [0.15, 0.2) is 18.2 Å². The minimum Gasteiger partial charge on any atom is -0.337 e. The van der Waals surface area contributed by atoms with Crippen LogP contribution in [0.3, 0.4) is 0 Å². The summed E-state index contributed by atoms with van der Waals surface area (Å²) in [6, 6.07) is 4.45. The highest BCUT2D eigenvalue weighted by Crippen LogP contribution is 2.21. The SMILES string of the molecule is Cc1cc(C(=O)N2CC(C)CC(N)C2)cc([N+](=O)[O-])c1. The van der Waals surface area contributed by atoms with Crippen molar-refractivity contribution in [3.63, 3.8) is 0 Å². The van der Waals surface area contributed by atoms with Crippen LogP contribution in [0.25, 0.3) is 0 Å². The quantitative estimate of drug-likeness (QED) is 0.658. The van der Waals surface area contributed by atoms with Gasteiger partial charge in [0.15, 0.2) is 0 Å². The van der Waals surface area contributed by atoms with E-state index in [0.717, 1.165) is 6.42 Å². The van der Waals surface area contributed by atoms with Gasteiger partial charge in [0.25, 0.3) is 11.6 Å². The number of carbonyl (C=O) groups is 1. The highest BCUT2D eigenvalue weighted by molar-refractivity contribution is 5.95. The first-order valence-corrected chi connectivity index (χ1v) is 6.67. The third-order valence-corrected chi connectivity index (χ3v) is 3.50. The number of likely N-dealkylation sites (tertiary alicyclic amines) is 1. The summed E-state index contributed by atoms with van der Waals surface area (Å²) in [5.74, 6) is 0.168. The van der Waals surface area contributed by atoms with Crippen molar-refractivity contribution in [2.75, 3.05) is 13.1 Å². The van der Waals surface area contributed by atoms with Gasteiger partial charge in [-0.1, -0.05) is 6.92 Å². The first-order valence-electron chi connectivity index (χ1n) is 6.67. The Hall–Kier alpha value is -1.95. The van der Waals surface area contributed by atoms with Gasteiger partial charge in [-0.2, -0.15) is 0 Å². The average molecular weight is 277 g/mol. The molecule has 0 spiro atoms. The molecule has 1 aromatic carbocycles. The van der Waals surface area contributed by atoms with Gasteiger partial charge in [-0.25, -0.2) is 0 Å². The fourth-order valence-electron chi connectivity index (χ4n) is 2.74. The summed E-state index contributed by atoms with van der Waals surface area (Å²) in [4.78, 5) is 24.5. The smallest absolute Gasteiger partial charge is 0.270 e. The van der Waals surface area contributed by atoms with Crippen LogP contribution < -0.4 is 5.73 Å². The molecule has 0 radical (unpaired) electrons. The van der Waals surface area contributed by atoms with E-state index in [-0.39, 0.29) is 17.6 Å². The monoisotopic (exact) mass is 277 g/mol. The molecule has 0 saturated carbocycles. The van der Waals surface area contributed by atoms with Gasteiger partial charge in [-0.05, 0) is 30.9 Å². The van der Waals surface area contributed by atoms with Crippen molar-refractivity contribution in [1.82, 2.24) is 4.90 Å². The summed E-state index contributed by atoms with van der Waals surface area (Å²) in [5.41, 5.74) is 6.95. The van der Waals surface area contributed by atoms with E-state index in [1.165, 1.54) is 12.1 Å². The summed E-state index contributed by atoms with van der Waals surface area (Å²) in [5, 5.41) is 10.9. The molecule has 108 valence electrons. The van der Waals surface area contributed by atoms with Gasteiger partial charge in [0.1, 0.15) is 0 Å². The number of nitrogens with two attached hydrogens (primary N) is 1. The number of rotatable bonds is 2. The topological polar surface area (TPSA) is 89.5 Å². The Bertz CT molecular complexity index is 534. The third-order valence-electron chi connectivity index (χ3n) is 3.50. The zero-order valence-electron chi connectivity index (χ0n) is 11.7. The van der Waals surface area contributed by atoms with Gasteiger partial charge in [0.05, 0.1) is 4.92 Å². The molecule has 1 aliphatic rings. The molecular formula is C14H19N3O3. The fraction of sp³-hybridized carbons (Fsp3) is 0.500. The lowest BCUT2D eigenvalue weighted by molar-refractivity contribution is -0.384. The largest absolute Gasteiger partial charge is 0.337 e. The lowest BCUT2D eigenvalue weighted by atomic mass is 9.96. The number of carbonyl (C=O) groups excluding carboxylic acids is 1. The van der Waals surface area contributed by atoms with Crippen molar-refractivity contribution in [2.24, 2.45) is 11.7 Å².